The van der Waals surface area contributed by atoms with Gasteiger partial charge >= 0.3 is 0 Å². The first kappa shape index (κ1) is 16.8. The minimum Gasteiger partial charge on any atom is -0.464 e. The number of aromatic nitrogens is 2. The third kappa shape index (κ3) is 3.39. The van der Waals surface area contributed by atoms with Crippen LogP contribution in [0.15, 0.2) is 32.7 Å². The van der Waals surface area contributed by atoms with Crippen LogP contribution in [0.4, 0.5) is 0 Å². The Labute approximate surface area is 143 Å². The van der Waals surface area contributed by atoms with Crippen molar-refractivity contribution in [3.63, 3.8) is 0 Å². The van der Waals surface area contributed by atoms with Crippen molar-refractivity contribution in [3.05, 3.63) is 45.8 Å². The molecule has 0 atom stereocenters. The fourth-order valence-electron chi connectivity index (χ4n) is 2.55. The van der Waals surface area contributed by atoms with Crippen LogP contribution in [0.25, 0.3) is 0 Å². The van der Waals surface area contributed by atoms with E-state index in [1.807, 2.05) is 19.1 Å². The molecule has 3 heterocycles. The second-order valence-corrected chi connectivity index (χ2v) is 6.55. The van der Waals surface area contributed by atoms with Gasteiger partial charge in [-0.3, -0.25) is 14.2 Å². The number of hydrogen-bond acceptors (Lipinski definition) is 6. The summed E-state index contributed by atoms with van der Waals surface area (Å²) in [5.41, 5.74) is -0.200. The second kappa shape index (κ2) is 7.23. The molecular weight excluding hydrogens is 330 g/mol. The van der Waals surface area contributed by atoms with E-state index in [2.05, 4.69) is 4.98 Å². The van der Waals surface area contributed by atoms with E-state index < -0.39 is 0 Å². The predicted molar refractivity (Wildman–Crippen MR) is 89.3 cm³/mol. The molecule has 0 saturated heterocycles. The lowest BCUT2D eigenvalue weighted by molar-refractivity contribution is 0.0662. The maximum absolute atomic E-state index is 12.9. The van der Waals surface area contributed by atoms with Gasteiger partial charge in [-0.05, 0) is 19.1 Å². The first-order valence-electron chi connectivity index (χ1n) is 7.66. The number of fused-ring (bicyclic) bond motifs is 1. The molecule has 0 aromatic carbocycles. The van der Waals surface area contributed by atoms with Crippen LogP contribution in [0.2, 0.25) is 0 Å². The van der Waals surface area contributed by atoms with Gasteiger partial charge in [0.15, 0.2) is 5.16 Å². The molecule has 1 aliphatic heterocycles. The lowest BCUT2D eigenvalue weighted by Crippen LogP contribution is -2.38. The largest absolute Gasteiger partial charge is 0.464 e. The summed E-state index contributed by atoms with van der Waals surface area (Å²) in [4.78, 5) is 31.2. The first-order valence-corrected chi connectivity index (χ1v) is 8.65. The number of amides is 1. The number of nitrogens with zero attached hydrogens (tertiary/aromatic N) is 3. The third-order valence-electron chi connectivity index (χ3n) is 3.78. The van der Waals surface area contributed by atoms with Crippen molar-refractivity contribution in [3.8, 4) is 0 Å². The number of hydrogen-bond donors (Lipinski definition) is 0. The lowest BCUT2D eigenvalue weighted by atomic mass is 10.2. The minimum atomic E-state index is -0.356. The van der Waals surface area contributed by atoms with E-state index in [1.54, 1.807) is 16.6 Å². The molecule has 128 valence electrons. The predicted octanol–water partition coefficient (Wildman–Crippen LogP) is 1.54. The highest BCUT2D eigenvalue weighted by Gasteiger charge is 2.24. The smallest absolute Gasteiger partial charge is 0.267 e. The highest BCUT2D eigenvalue weighted by molar-refractivity contribution is 7.99. The van der Waals surface area contributed by atoms with Crippen LogP contribution >= 0.6 is 11.8 Å². The van der Waals surface area contributed by atoms with E-state index in [1.165, 1.54) is 18.0 Å². The molecule has 0 N–H and O–H groups in total. The molecule has 0 aliphatic carbocycles. The van der Waals surface area contributed by atoms with Crippen molar-refractivity contribution < 1.29 is 13.9 Å². The molecule has 0 radical (unpaired) electrons. The van der Waals surface area contributed by atoms with Crippen LogP contribution < -0.4 is 5.56 Å². The molecule has 0 saturated carbocycles. The number of furan rings is 1. The van der Waals surface area contributed by atoms with Gasteiger partial charge < -0.3 is 14.1 Å². The van der Waals surface area contributed by atoms with Crippen LogP contribution in [0.1, 0.15) is 21.9 Å². The minimum absolute atomic E-state index is 0.0839. The van der Waals surface area contributed by atoms with E-state index in [4.69, 9.17) is 9.15 Å². The van der Waals surface area contributed by atoms with Crippen LogP contribution in [0.5, 0.6) is 0 Å². The van der Waals surface area contributed by atoms with E-state index in [9.17, 15) is 9.59 Å². The molecule has 24 heavy (non-hydrogen) atoms. The Morgan fingerprint density at radius 2 is 2.33 bits per heavy atom. The molecule has 0 unspecified atom stereocenters. The fourth-order valence-corrected chi connectivity index (χ4v) is 3.46. The summed E-state index contributed by atoms with van der Waals surface area (Å²) in [6, 6.07) is 3.67. The fraction of sp³-hybridized carbons (Fsp3) is 0.438. The topological polar surface area (TPSA) is 77.6 Å². The zero-order chi connectivity index (χ0) is 17.1. The maximum atomic E-state index is 12.9. The van der Waals surface area contributed by atoms with Gasteiger partial charge in [0.05, 0.1) is 13.2 Å². The number of methoxy groups -OCH3 is 1. The molecule has 7 nitrogen and oxygen atoms in total. The Bertz CT molecular complexity index is 799. The molecule has 0 fully saturated rings. The number of aryl methyl sites for hydroxylation is 1. The summed E-state index contributed by atoms with van der Waals surface area (Å²) < 4.78 is 12.2. The van der Waals surface area contributed by atoms with E-state index in [-0.39, 0.29) is 23.6 Å². The summed E-state index contributed by atoms with van der Waals surface area (Å²) >= 11 is 1.52. The summed E-state index contributed by atoms with van der Waals surface area (Å²) in [5, 5.41) is 0.668. The Kier molecular flexibility index (Phi) is 5.06. The molecule has 2 aromatic rings. The number of ether oxygens (including phenoxy) is 1. The molecular formula is C16H19N3O4S. The molecule has 0 bridgehead atoms. The van der Waals surface area contributed by atoms with Gasteiger partial charge in [-0.25, -0.2) is 4.98 Å². The van der Waals surface area contributed by atoms with Crippen molar-refractivity contribution in [2.75, 3.05) is 26.0 Å². The van der Waals surface area contributed by atoms with Crippen molar-refractivity contribution in [1.29, 1.82) is 0 Å². The van der Waals surface area contributed by atoms with Crippen molar-refractivity contribution in [2.24, 2.45) is 0 Å². The summed E-state index contributed by atoms with van der Waals surface area (Å²) in [5.74, 6) is 1.90. The highest BCUT2D eigenvalue weighted by atomic mass is 32.2. The van der Waals surface area contributed by atoms with Crippen molar-refractivity contribution in [2.45, 2.75) is 25.2 Å². The van der Waals surface area contributed by atoms with E-state index in [0.29, 0.717) is 30.6 Å². The van der Waals surface area contributed by atoms with Crippen molar-refractivity contribution >= 4 is 17.7 Å². The van der Waals surface area contributed by atoms with Crippen LogP contribution in [-0.4, -0.2) is 46.4 Å². The van der Waals surface area contributed by atoms with Gasteiger partial charge in [0.1, 0.15) is 17.1 Å². The van der Waals surface area contributed by atoms with Crippen LogP contribution in [-0.2, 0) is 17.8 Å². The quantitative estimate of drug-likeness (QED) is 0.736. The highest BCUT2D eigenvalue weighted by Crippen LogP contribution is 2.21. The van der Waals surface area contributed by atoms with E-state index in [0.717, 1.165) is 11.5 Å². The van der Waals surface area contributed by atoms with Crippen molar-refractivity contribution in [1.82, 2.24) is 14.5 Å². The zero-order valence-corrected chi connectivity index (χ0v) is 14.5. The van der Waals surface area contributed by atoms with Gasteiger partial charge in [-0.1, -0.05) is 11.8 Å². The number of carbonyl (C=O) groups is 1. The van der Waals surface area contributed by atoms with Gasteiger partial charge in [-0.2, -0.15) is 0 Å². The lowest BCUT2D eigenvalue weighted by Gasteiger charge is -2.21. The first-order chi connectivity index (χ1) is 11.6. The average molecular weight is 349 g/mol. The van der Waals surface area contributed by atoms with E-state index >= 15 is 0 Å². The summed E-state index contributed by atoms with van der Waals surface area (Å²) in [7, 11) is 1.57. The monoisotopic (exact) mass is 349 g/mol. The average Bonchev–Trinajstić information content (AvgIpc) is 3.20. The maximum Gasteiger partial charge on any atom is 0.267 e. The Morgan fingerprint density at radius 3 is 3.04 bits per heavy atom. The SMILES string of the molecule is COCCN(Cc1ccc(C)o1)C(=O)c1cnc2n(c1=O)CCS2. The van der Waals surface area contributed by atoms with Gasteiger partial charge in [0.2, 0.25) is 0 Å². The molecule has 2 aromatic heterocycles. The molecule has 0 spiro atoms. The summed E-state index contributed by atoms with van der Waals surface area (Å²) in [6.45, 7) is 3.46. The van der Waals surface area contributed by atoms with Crippen LogP contribution in [0.3, 0.4) is 0 Å². The van der Waals surface area contributed by atoms with Gasteiger partial charge in [-0.15, -0.1) is 0 Å². The molecule has 8 heteroatoms. The van der Waals surface area contributed by atoms with Gasteiger partial charge in [0.25, 0.3) is 11.5 Å². The summed E-state index contributed by atoms with van der Waals surface area (Å²) in [6.07, 6.45) is 1.38. The molecule has 1 amide bonds. The molecule has 3 rings (SSSR count). The van der Waals surface area contributed by atoms with Gasteiger partial charge in [0, 0.05) is 32.1 Å². The zero-order valence-electron chi connectivity index (χ0n) is 13.7. The number of carbonyl (C=O) groups excluding carboxylic acids is 1. The standard InChI is InChI=1S/C16H19N3O4S/c1-11-3-4-12(23-11)10-18(5-7-22-2)14(20)13-9-17-16-19(15(13)21)6-8-24-16/h3-4,9H,5-8,10H2,1-2H3. The third-order valence-corrected chi connectivity index (χ3v) is 4.75. The normalized spacial score (nSPS) is 13.1. The van der Waals surface area contributed by atoms with Crippen LogP contribution in [0, 0.1) is 6.92 Å². The number of rotatable bonds is 6. The Morgan fingerprint density at radius 1 is 1.50 bits per heavy atom. The Balaban J connectivity index is 1.87. The Hall–Kier alpha value is -2.06. The molecule has 1 aliphatic rings. The number of thioether (sulfide) groups is 1. The second-order valence-electron chi connectivity index (χ2n) is 5.49.